The molecule has 1 aromatic rings. The molecule has 0 radical (unpaired) electrons. The number of non-ortho nitro benzene ring substituents is 1. The summed E-state index contributed by atoms with van der Waals surface area (Å²) in [6, 6.07) is 4.74. The van der Waals surface area contributed by atoms with Gasteiger partial charge >= 0.3 is 0 Å². The number of benzene rings is 1. The Morgan fingerprint density at radius 2 is 2.21 bits per heavy atom. The van der Waals surface area contributed by atoms with Gasteiger partial charge < -0.3 is 15.4 Å². The van der Waals surface area contributed by atoms with E-state index in [1.807, 2.05) is 6.92 Å². The molecule has 0 spiro atoms. The van der Waals surface area contributed by atoms with E-state index < -0.39 is 0 Å². The number of ether oxygens (including phenoxy) is 1. The average molecular weight is 427 g/mol. The Kier molecular flexibility index (Phi) is 9.13. The summed E-state index contributed by atoms with van der Waals surface area (Å²) in [5, 5.41) is 17.4. The van der Waals surface area contributed by atoms with Gasteiger partial charge in [0.15, 0.2) is 0 Å². The van der Waals surface area contributed by atoms with Gasteiger partial charge in [-0.3, -0.25) is 19.8 Å². The second kappa shape index (κ2) is 11.3. The first kappa shape index (κ1) is 23.4. The fourth-order valence-electron chi connectivity index (χ4n) is 4.08. The molecule has 2 aliphatic heterocycles. The molecule has 0 aromatic heterocycles. The highest BCUT2D eigenvalue weighted by Gasteiger charge is 2.25. The molecule has 0 bridgehead atoms. The van der Waals surface area contributed by atoms with Gasteiger partial charge in [-0.25, -0.2) is 0 Å². The van der Waals surface area contributed by atoms with Crippen molar-refractivity contribution in [2.24, 2.45) is 5.92 Å². The summed E-state index contributed by atoms with van der Waals surface area (Å²) in [4.78, 5) is 25.3. The van der Waals surface area contributed by atoms with Crippen molar-refractivity contribution in [1.82, 2.24) is 15.5 Å². The Balaban J connectivity index is 0.00000300. The molecular weight excluding hydrogens is 396 g/mol. The summed E-state index contributed by atoms with van der Waals surface area (Å²) < 4.78 is 5.66. The lowest BCUT2D eigenvalue weighted by molar-refractivity contribution is -0.385. The van der Waals surface area contributed by atoms with Gasteiger partial charge in [0.1, 0.15) is 5.75 Å². The minimum atomic E-state index is -0.370. The Morgan fingerprint density at radius 1 is 1.38 bits per heavy atom. The highest BCUT2D eigenvalue weighted by molar-refractivity contribution is 5.85. The number of amides is 1. The van der Waals surface area contributed by atoms with Crippen molar-refractivity contribution in [3.05, 3.63) is 33.9 Å². The molecule has 2 fully saturated rings. The van der Waals surface area contributed by atoms with Gasteiger partial charge in [-0.05, 0) is 57.7 Å². The van der Waals surface area contributed by atoms with Gasteiger partial charge in [0, 0.05) is 37.3 Å². The number of nitro groups is 1. The fourth-order valence-corrected chi connectivity index (χ4v) is 4.08. The minimum Gasteiger partial charge on any atom is -0.494 e. The maximum absolute atomic E-state index is 12.2. The first-order valence-electron chi connectivity index (χ1n) is 10.2. The Morgan fingerprint density at radius 3 is 2.90 bits per heavy atom. The van der Waals surface area contributed by atoms with Crippen LogP contribution in [0, 0.1) is 16.0 Å². The van der Waals surface area contributed by atoms with E-state index in [4.69, 9.17) is 4.74 Å². The normalized spacial score (nSPS) is 22.0. The van der Waals surface area contributed by atoms with Crippen molar-refractivity contribution in [1.29, 1.82) is 0 Å². The first-order chi connectivity index (χ1) is 13.6. The van der Waals surface area contributed by atoms with E-state index in [0.717, 1.165) is 50.9 Å². The van der Waals surface area contributed by atoms with Crippen molar-refractivity contribution in [3.63, 3.8) is 0 Å². The number of likely N-dealkylation sites (tertiary alicyclic amines) is 1. The standard InChI is InChI=1S/C20H30N4O4.ClH/c1-2-28-19-8-7-17(24(26)27)11-16(19)14-23-10-4-5-15(13-23)12-22-20(25)18-6-3-9-21-18;/h7-8,11,15,18,21H,2-6,9-10,12-14H2,1H3,(H,22,25);1H. The zero-order chi connectivity index (χ0) is 19.9. The minimum absolute atomic E-state index is 0. The lowest BCUT2D eigenvalue weighted by Gasteiger charge is -2.33. The number of rotatable bonds is 8. The predicted molar refractivity (Wildman–Crippen MR) is 114 cm³/mol. The molecular formula is C20H31ClN4O4. The molecule has 3 rings (SSSR count). The highest BCUT2D eigenvalue weighted by atomic mass is 35.5. The topological polar surface area (TPSA) is 96.7 Å². The third-order valence-electron chi connectivity index (χ3n) is 5.49. The molecule has 1 amide bonds. The zero-order valence-corrected chi connectivity index (χ0v) is 17.7. The summed E-state index contributed by atoms with van der Waals surface area (Å²) in [6.45, 7) is 6.46. The Labute approximate surface area is 177 Å². The third kappa shape index (κ3) is 6.55. The maximum atomic E-state index is 12.2. The summed E-state index contributed by atoms with van der Waals surface area (Å²) in [7, 11) is 0. The summed E-state index contributed by atoms with van der Waals surface area (Å²) >= 11 is 0. The quantitative estimate of drug-likeness (QED) is 0.489. The van der Waals surface area contributed by atoms with Crippen molar-refractivity contribution < 1.29 is 14.5 Å². The summed E-state index contributed by atoms with van der Waals surface area (Å²) in [5.41, 5.74) is 0.930. The Bertz CT molecular complexity index is 697. The van der Waals surface area contributed by atoms with E-state index in [1.54, 1.807) is 12.1 Å². The number of piperidine rings is 1. The monoisotopic (exact) mass is 426 g/mol. The van der Waals surface area contributed by atoms with Crippen LogP contribution in [0.1, 0.15) is 38.2 Å². The van der Waals surface area contributed by atoms with Crippen LogP contribution < -0.4 is 15.4 Å². The van der Waals surface area contributed by atoms with Crippen molar-refractivity contribution in [3.8, 4) is 5.75 Å². The molecule has 1 aromatic carbocycles. The number of nitro benzene ring substituents is 1. The van der Waals surface area contributed by atoms with E-state index in [9.17, 15) is 14.9 Å². The number of hydrogen-bond acceptors (Lipinski definition) is 6. The molecule has 2 aliphatic rings. The van der Waals surface area contributed by atoms with Crippen molar-refractivity contribution >= 4 is 24.0 Å². The van der Waals surface area contributed by atoms with Gasteiger partial charge in [0.2, 0.25) is 5.91 Å². The fraction of sp³-hybridized carbons (Fsp3) is 0.650. The SMILES string of the molecule is CCOc1ccc([N+](=O)[O-])cc1CN1CCCC(CNC(=O)C2CCCN2)C1.Cl. The number of carbonyl (C=O) groups excluding carboxylic acids is 1. The summed E-state index contributed by atoms with van der Waals surface area (Å²) in [6.07, 6.45) is 4.11. The van der Waals surface area contributed by atoms with Crippen molar-refractivity contribution in [2.75, 3.05) is 32.8 Å². The van der Waals surface area contributed by atoms with Crippen LogP contribution in [0.4, 0.5) is 5.69 Å². The van der Waals surface area contributed by atoms with Crippen LogP contribution in [0.5, 0.6) is 5.75 Å². The predicted octanol–water partition coefficient (Wildman–Crippen LogP) is 2.50. The molecule has 2 atom stereocenters. The third-order valence-corrected chi connectivity index (χ3v) is 5.49. The lowest BCUT2D eigenvalue weighted by atomic mass is 9.97. The molecule has 2 unspecified atom stereocenters. The average Bonchev–Trinajstić information content (AvgIpc) is 3.23. The van der Waals surface area contributed by atoms with E-state index in [-0.39, 0.29) is 35.0 Å². The van der Waals surface area contributed by atoms with Gasteiger partial charge in [-0.1, -0.05) is 0 Å². The van der Waals surface area contributed by atoms with Gasteiger partial charge in [0.25, 0.3) is 5.69 Å². The molecule has 9 heteroatoms. The van der Waals surface area contributed by atoms with Gasteiger partial charge in [0.05, 0.1) is 17.6 Å². The van der Waals surface area contributed by atoms with Crippen LogP contribution in [-0.2, 0) is 11.3 Å². The molecule has 162 valence electrons. The zero-order valence-electron chi connectivity index (χ0n) is 16.9. The van der Waals surface area contributed by atoms with E-state index in [0.29, 0.717) is 31.4 Å². The van der Waals surface area contributed by atoms with Crippen LogP contribution in [-0.4, -0.2) is 54.6 Å². The smallest absolute Gasteiger partial charge is 0.270 e. The van der Waals surface area contributed by atoms with Crippen LogP contribution in [0.15, 0.2) is 18.2 Å². The number of carbonyl (C=O) groups is 1. The molecule has 2 saturated heterocycles. The van der Waals surface area contributed by atoms with E-state index in [2.05, 4.69) is 15.5 Å². The molecule has 29 heavy (non-hydrogen) atoms. The van der Waals surface area contributed by atoms with Crippen molar-refractivity contribution in [2.45, 2.75) is 45.2 Å². The molecule has 8 nitrogen and oxygen atoms in total. The van der Waals surface area contributed by atoms with Crippen LogP contribution in [0.2, 0.25) is 0 Å². The molecule has 0 aliphatic carbocycles. The highest BCUT2D eigenvalue weighted by Crippen LogP contribution is 2.27. The molecule has 2 heterocycles. The number of nitrogens with one attached hydrogen (secondary N) is 2. The first-order valence-corrected chi connectivity index (χ1v) is 10.2. The Hall–Kier alpha value is -1.90. The largest absolute Gasteiger partial charge is 0.494 e. The van der Waals surface area contributed by atoms with Gasteiger partial charge in [-0.2, -0.15) is 0 Å². The second-order valence-corrected chi connectivity index (χ2v) is 7.62. The van der Waals surface area contributed by atoms with Crippen LogP contribution >= 0.6 is 12.4 Å². The van der Waals surface area contributed by atoms with Crippen LogP contribution in [0.3, 0.4) is 0 Å². The lowest BCUT2D eigenvalue weighted by Crippen LogP contribution is -2.45. The molecule has 0 saturated carbocycles. The maximum Gasteiger partial charge on any atom is 0.270 e. The van der Waals surface area contributed by atoms with E-state index in [1.165, 1.54) is 6.07 Å². The summed E-state index contributed by atoms with van der Waals surface area (Å²) in [5.74, 6) is 1.20. The van der Waals surface area contributed by atoms with Gasteiger partial charge in [-0.15, -0.1) is 12.4 Å². The molecule has 2 N–H and O–H groups in total. The van der Waals surface area contributed by atoms with E-state index >= 15 is 0 Å². The number of halogens is 1. The number of nitrogens with zero attached hydrogens (tertiary/aromatic N) is 2. The number of hydrogen-bond donors (Lipinski definition) is 2. The second-order valence-electron chi connectivity index (χ2n) is 7.62. The van der Waals surface area contributed by atoms with Crippen LogP contribution in [0.25, 0.3) is 0 Å².